The highest BCUT2D eigenvalue weighted by Gasteiger charge is 2.24. The molecule has 1 amide bonds. The highest BCUT2D eigenvalue weighted by Crippen LogP contribution is 2.37. The summed E-state index contributed by atoms with van der Waals surface area (Å²) in [5.74, 6) is -1.11. The second-order valence-corrected chi connectivity index (χ2v) is 6.99. The lowest BCUT2D eigenvalue weighted by molar-refractivity contribution is -0.123. The van der Waals surface area contributed by atoms with Gasteiger partial charge in [0.15, 0.2) is 6.10 Å². The fraction of sp³-hybridized carbons (Fsp3) is 0.412. The van der Waals surface area contributed by atoms with E-state index in [0.717, 1.165) is 37.7 Å². The van der Waals surface area contributed by atoms with Crippen molar-refractivity contribution in [1.29, 1.82) is 5.26 Å². The first kappa shape index (κ1) is 17.2. The Hall–Kier alpha value is -2.66. The Bertz CT molecular complexity index is 820. The molecular weight excluding hydrogens is 340 g/mol. The third-order valence-electron chi connectivity index (χ3n) is 4.14. The molecule has 0 spiro atoms. The number of carbonyl (C=O) groups is 2. The number of nitrogens with one attached hydrogen (secondary N) is 2. The van der Waals surface area contributed by atoms with E-state index in [1.165, 1.54) is 35.4 Å². The lowest BCUT2D eigenvalue weighted by Crippen LogP contribution is -2.30. The van der Waals surface area contributed by atoms with Crippen LogP contribution in [0.1, 0.15) is 52.7 Å². The predicted octanol–water partition coefficient (Wildman–Crippen LogP) is 2.80. The number of esters is 1. The Morgan fingerprint density at radius 3 is 2.92 bits per heavy atom. The smallest absolute Gasteiger partial charge is 0.357 e. The van der Waals surface area contributed by atoms with Crippen molar-refractivity contribution in [2.24, 2.45) is 0 Å². The fourth-order valence-corrected chi connectivity index (χ4v) is 4.05. The van der Waals surface area contributed by atoms with Crippen molar-refractivity contribution in [1.82, 2.24) is 10.2 Å². The summed E-state index contributed by atoms with van der Waals surface area (Å²) in [4.78, 5) is 25.4. The molecule has 1 aliphatic rings. The van der Waals surface area contributed by atoms with Gasteiger partial charge in [-0.15, -0.1) is 11.3 Å². The third kappa shape index (κ3) is 3.72. The standard InChI is InChI=1S/C17H18N4O3S/c1-10(24-17(23)13-7-8-19-21-13)15(22)20-16-12(9-18)11-5-3-2-4-6-14(11)25-16/h7-8,10H,2-6H2,1H3,(H,19,21)(H,20,22). The van der Waals surface area contributed by atoms with Crippen molar-refractivity contribution in [2.75, 3.05) is 5.32 Å². The van der Waals surface area contributed by atoms with Crippen LogP contribution < -0.4 is 5.32 Å². The molecule has 8 heteroatoms. The van der Waals surface area contributed by atoms with Crippen LogP contribution in [0.2, 0.25) is 0 Å². The highest BCUT2D eigenvalue weighted by molar-refractivity contribution is 7.16. The molecule has 3 rings (SSSR count). The van der Waals surface area contributed by atoms with Crippen molar-refractivity contribution < 1.29 is 14.3 Å². The molecular formula is C17H18N4O3S. The van der Waals surface area contributed by atoms with Gasteiger partial charge in [-0.2, -0.15) is 10.4 Å². The van der Waals surface area contributed by atoms with Crippen molar-refractivity contribution >= 4 is 28.2 Å². The van der Waals surface area contributed by atoms with Crippen LogP contribution in [-0.2, 0) is 22.4 Å². The Balaban J connectivity index is 1.70. The van der Waals surface area contributed by atoms with Crippen molar-refractivity contribution in [3.63, 3.8) is 0 Å². The number of ether oxygens (including phenoxy) is 1. The number of carbonyl (C=O) groups excluding carboxylic acids is 2. The van der Waals surface area contributed by atoms with E-state index in [4.69, 9.17) is 4.74 Å². The van der Waals surface area contributed by atoms with Crippen molar-refractivity contribution in [3.05, 3.63) is 34.0 Å². The average Bonchev–Trinajstić information content (AvgIpc) is 3.18. The molecule has 25 heavy (non-hydrogen) atoms. The summed E-state index contributed by atoms with van der Waals surface area (Å²) in [6.07, 6.45) is 5.58. The Morgan fingerprint density at radius 1 is 1.40 bits per heavy atom. The second-order valence-electron chi connectivity index (χ2n) is 5.89. The SMILES string of the molecule is CC(OC(=O)c1ccn[nH]1)C(=O)Nc1sc2c(c1C#N)CCCCC2. The Morgan fingerprint density at radius 2 is 2.20 bits per heavy atom. The molecule has 2 aromatic heterocycles. The van der Waals surface area contributed by atoms with Crippen molar-refractivity contribution in [2.45, 2.75) is 45.1 Å². The first-order valence-corrected chi connectivity index (χ1v) is 8.97. The molecule has 1 atom stereocenters. The Kier molecular flexibility index (Phi) is 5.14. The molecule has 0 fully saturated rings. The Labute approximate surface area is 149 Å². The van der Waals surface area contributed by atoms with Crippen molar-refractivity contribution in [3.8, 4) is 6.07 Å². The van der Waals surface area contributed by atoms with E-state index in [-0.39, 0.29) is 5.69 Å². The van der Waals surface area contributed by atoms with Gasteiger partial charge < -0.3 is 10.1 Å². The van der Waals surface area contributed by atoms with E-state index < -0.39 is 18.0 Å². The normalized spacial score (nSPS) is 14.7. The largest absolute Gasteiger partial charge is 0.448 e. The maximum absolute atomic E-state index is 12.3. The summed E-state index contributed by atoms with van der Waals surface area (Å²) in [7, 11) is 0. The minimum Gasteiger partial charge on any atom is -0.448 e. The minimum atomic E-state index is -0.982. The van der Waals surface area contributed by atoms with Crippen LogP contribution in [0.25, 0.3) is 0 Å². The van der Waals surface area contributed by atoms with Crippen LogP contribution in [0, 0.1) is 11.3 Å². The summed E-state index contributed by atoms with van der Waals surface area (Å²) in [6.45, 7) is 1.49. The van der Waals surface area contributed by atoms with Gasteiger partial charge >= 0.3 is 5.97 Å². The molecule has 1 aliphatic carbocycles. The lowest BCUT2D eigenvalue weighted by Gasteiger charge is -2.12. The number of H-pyrrole nitrogens is 1. The number of anilines is 1. The van der Waals surface area contributed by atoms with Gasteiger partial charge in [-0.1, -0.05) is 6.42 Å². The van der Waals surface area contributed by atoms with E-state index >= 15 is 0 Å². The summed E-state index contributed by atoms with van der Waals surface area (Å²) >= 11 is 1.45. The lowest BCUT2D eigenvalue weighted by atomic mass is 10.1. The van der Waals surface area contributed by atoms with Gasteiger partial charge in [0.2, 0.25) is 0 Å². The van der Waals surface area contributed by atoms with Gasteiger partial charge in [0.05, 0.1) is 5.56 Å². The number of aromatic amines is 1. The number of rotatable bonds is 4. The zero-order valence-electron chi connectivity index (χ0n) is 13.8. The number of nitrogens with zero attached hydrogens (tertiary/aromatic N) is 2. The number of hydrogen-bond donors (Lipinski definition) is 2. The number of aromatic nitrogens is 2. The number of fused-ring (bicyclic) bond motifs is 1. The van der Waals surface area contributed by atoms with E-state index in [0.29, 0.717) is 10.6 Å². The molecule has 0 saturated carbocycles. The van der Waals surface area contributed by atoms with E-state index in [2.05, 4.69) is 21.6 Å². The zero-order chi connectivity index (χ0) is 17.8. The predicted molar refractivity (Wildman–Crippen MR) is 92.4 cm³/mol. The molecule has 2 N–H and O–H groups in total. The van der Waals surface area contributed by atoms with Gasteiger partial charge in [0.25, 0.3) is 5.91 Å². The monoisotopic (exact) mass is 358 g/mol. The average molecular weight is 358 g/mol. The van der Waals surface area contributed by atoms with Gasteiger partial charge in [-0.3, -0.25) is 9.89 Å². The summed E-state index contributed by atoms with van der Waals surface area (Å²) in [6, 6.07) is 3.68. The van der Waals surface area contributed by atoms with Crippen LogP contribution in [0.4, 0.5) is 5.00 Å². The van der Waals surface area contributed by atoms with Crippen LogP contribution in [0.3, 0.4) is 0 Å². The molecule has 130 valence electrons. The fourth-order valence-electron chi connectivity index (χ4n) is 2.81. The first-order chi connectivity index (χ1) is 12.1. The molecule has 7 nitrogen and oxygen atoms in total. The number of thiophene rings is 1. The van der Waals surface area contributed by atoms with E-state index in [1.54, 1.807) is 0 Å². The van der Waals surface area contributed by atoms with Crippen LogP contribution in [-0.4, -0.2) is 28.2 Å². The maximum atomic E-state index is 12.3. The van der Waals surface area contributed by atoms with Gasteiger partial charge in [-0.05, 0) is 44.2 Å². The maximum Gasteiger partial charge on any atom is 0.357 e. The van der Waals surface area contributed by atoms with Crippen LogP contribution >= 0.6 is 11.3 Å². The topological polar surface area (TPSA) is 108 Å². The minimum absolute atomic E-state index is 0.181. The van der Waals surface area contributed by atoms with Crippen LogP contribution in [0.5, 0.6) is 0 Å². The van der Waals surface area contributed by atoms with E-state index in [9.17, 15) is 14.9 Å². The van der Waals surface area contributed by atoms with Gasteiger partial charge in [-0.25, -0.2) is 4.79 Å². The molecule has 0 aliphatic heterocycles. The quantitative estimate of drug-likeness (QED) is 0.645. The molecule has 0 bridgehead atoms. The van der Waals surface area contributed by atoms with Gasteiger partial charge in [0.1, 0.15) is 16.8 Å². The summed E-state index contributed by atoms with van der Waals surface area (Å²) < 4.78 is 5.12. The molecule has 2 aromatic rings. The number of aryl methyl sites for hydroxylation is 1. The van der Waals surface area contributed by atoms with Crippen LogP contribution in [0.15, 0.2) is 12.3 Å². The highest BCUT2D eigenvalue weighted by atomic mass is 32.1. The number of nitriles is 1. The first-order valence-electron chi connectivity index (χ1n) is 8.16. The molecule has 0 aromatic carbocycles. The third-order valence-corrected chi connectivity index (χ3v) is 5.35. The molecule has 2 heterocycles. The number of amides is 1. The molecule has 0 radical (unpaired) electrons. The molecule has 1 unspecified atom stereocenters. The second kappa shape index (κ2) is 7.49. The number of hydrogen-bond acceptors (Lipinski definition) is 6. The molecule has 0 saturated heterocycles. The zero-order valence-corrected chi connectivity index (χ0v) is 14.6. The van der Waals surface area contributed by atoms with Gasteiger partial charge in [0, 0.05) is 11.1 Å². The summed E-state index contributed by atoms with van der Waals surface area (Å²) in [5.41, 5.74) is 1.78. The summed E-state index contributed by atoms with van der Waals surface area (Å²) in [5, 5.41) is 18.9. The van der Waals surface area contributed by atoms with E-state index in [1.807, 2.05) is 0 Å².